The van der Waals surface area contributed by atoms with Gasteiger partial charge in [0.05, 0.1) is 29.7 Å². The lowest BCUT2D eigenvalue weighted by Gasteiger charge is -2.28. The molecule has 4 rings (SSSR count). The summed E-state index contributed by atoms with van der Waals surface area (Å²) in [6, 6.07) is 23.3. The molecule has 1 unspecified atom stereocenters. The number of rotatable bonds is 7. The Hall–Kier alpha value is -3.80. The molecule has 1 aromatic heterocycles. The van der Waals surface area contributed by atoms with Crippen LogP contribution < -0.4 is 15.4 Å². The van der Waals surface area contributed by atoms with Crippen molar-refractivity contribution < 1.29 is 9.53 Å². The summed E-state index contributed by atoms with van der Waals surface area (Å²) in [5, 5.41) is 6.25. The zero-order valence-corrected chi connectivity index (χ0v) is 19.5. The Labute approximate surface area is 194 Å². The molecule has 33 heavy (non-hydrogen) atoms. The summed E-state index contributed by atoms with van der Waals surface area (Å²) in [5.74, 6) is 1.51. The van der Waals surface area contributed by atoms with Gasteiger partial charge in [-0.05, 0) is 62.6 Å². The van der Waals surface area contributed by atoms with Crippen molar-refractivity contribution in [2.45, 2.75) is 38.8 Å². The number of imidazole rings is 1. The van der Waals surface area contributed by atoms with E-state index in [1.165, 1.54) is 5.56 Å². The number of hydrogen-bond acceptors (Lipinski definition) is 3. The maximum absolute atomic E-state index is 13.1. The van der Waals surface area contributed by atoms with Crippen molar-refractivity contribution in [1.29, 1.82) is 0 Å². The van der Waals surface area contributed by atoms with Crippen LogP contribution in [-0.4, -0.2) is 23.1 Å². The number of methoxy groups -OCH3 is 1. The van der Waals surface area contributed by atoms with Crippen LogP contribution in [-0.2, 0) is 12.0 Å². The van der Waals surface area contributed by atoms with Crippen LogP contribution in [0.1, 0.15) is 42.4 Å². The van der Waals surface area contributed by atoms with Crippen LogP contribution in [0.4, 0.5) is 4.79 Å². The minimum absolute atomic E-state index is 0.250. The van der Waals surface area contributed by atoms with E-state index in [0.29, 0.717) is 6.42 Å². The number of H-pyrrole nitrogens is 1. The Morgan fingerprint density at radius 1 is 1.03 bits per heavy atom. The highest BCUT2D eigenvalue weighted by Gasteiger charge is 2.25. The Morgan fingerprint density at radius 2 is 1.73 bits per heavy atom. The van der Waals surface area contributed by atoms with Crippen LogP contribution in [0.25, 0.3) is 11.0 Å². The van der Waals surface area contributed by atoms with Crippen LogP contribution >= 0.6 is 0 Å². The number of ether oxygens (including phenoxy) is 1. The van der Waals surface area contributed by atoms with Gasteiger partial charge in [-0.1, -0.05) is 54.1 Å². The number of amides is 2. The van der Waals surface area contributed by atoms with Gasteiger partial charge in [0.1, 0.15) is 11.6 Å². The van der Waals surface area contributed by atoms with E-state index in [9.17, 15) is 4.79 Å². The van der Waals surface area contributed by atoms with Crippen molar-refractivity contribution in [3.8, 4) is 5.75 Å². The van der Waals surface area contributed by atoms with Gasteiger partial charge in [-0.25, -0.2) is 9.78 Å². The Kier molecular flexibility index (Phi) is 6.36. The number of aryl methyl sites for hydroxylation is 1. The van der Waals surface area contributed by atoms with Gasteiger partial charge in [0.25, 0.3) is 0 Å². The van der Waals surface area contributed by atoms with Gasteiger partial charge in [0, 0.05) is 0 Å². The number of fused-ring (bicyclic) bond motifs is 1. The number of hydrogen-bond donors (Lipinski definition) is 3. The van der Waals surface area contributed by atoms with Crippen molar-refractivity contribution in [1.82, 2.24) is 20.6 Å². The smallest absolute Gasteiger partial charge is 0.316 e. The topological polar surface area (TPSA) is 79.0 Å². The quantitative estimate of drug-likeness (QED) is 0.359. The molecule has 0 bridgehead atoms. The maximum atomic E-state index is 13.1. The fourth-order valence-electron chi connectivity index (χ4n) is 3.87. The summed E-state index contributed by atoms with van der Waals surface area (Å²) >= 11 is 0. The van der Waals surface area contributed by atoms with E-state index < -0.39 is 5.54 Å². The molecule has 0 fully saturated rings. The van der Waals surface area contributed by atoms with E-state index >= 15 is 0 Å². The van der Waals surface area contributed by atoms with E-state index in [2.05, 4.69) is 27.8 Å². The van der Waals surface area contributed by atoms with E-state index in [1.807, 2.05) is 81.4 Å². The molecule has 3 N–H and O–H groups in total. The average molecular weight is 443 g/mol. The molecule has 0 spiro atoms. The van der Waals surface area contributed by atoms with Crippen LogP contribution in [0, 0.1) is 6.92 Å². The number of para-hydroxylation sites is 2. The normalized spacial score (nSPS) is 12.4. The van der Waals surface area contributed by atoms with E-state index in [1.54, 1.807) is 7.11 Å². The first-order chi connectivity index (χ1) is 15.8. The molecule has 6 nitrogen and oxygen atoms in total. The largest absolute Gasteiger partial charge is 0.497 e. The van der Waals surface area contributed by atoms with Crippen molar-refractivity contribution in [2.75, 3.05) is 7.11 Å². The van der Waals surface area contributed by atoms with Crippen molar-refractivity contribution in [3.05, 3.63) is 95.3 Å². The number of aromatic nitrogens is 2. The lowest BCUT2D eigenvalue weighted by atomic mass is 9.94. The highest BCUT2D eigenvalue weighted by molar-refractivity contribution is 5.77. The second-order valence-corrected chi connectivity index (χ2v) is 8.83. The Balaban J connectivity index is 1.56. The van der Waals surface area contributed by atoms with Gasteiger partial charge in [0.15, 0.2) is 0 Å². The Bertz CT molecular complexity index is 1190. The lowest BCUT2D eigenvalue weighted by molar-refractivity contribution is 0.225. The number of benzene rings is 3. The second-order valence-electron chi connectivity index (χ2n) is 8.83. The molecular formula is C27H30N4O2. The van der Waals surface area contributed by atoms with Crippen molar-refractivity contribution >= 4 is 17.1 Å². The van der Waals surface area contributed by atoms with Gasteiger partial charge >= 0.3 is 6.03 Å². The predicted octanol–water partition coefficient (Wildman–Crippen LogP) is 5.40. The van der Waals surface area contributed by atoms with E-state index in [4.69, 9.17) is 9.72 Å². The van der Waals surface area contributed by atoms with Crippen LogP contribution in [0.3, 0.4) is 0 Å². The third-order valence-corrected chi connectivity index (χ3v) is 5.84. The molecule has 1 atom stereocenters. The summed E-state index contributed by atoms with van der Waals surface area (Å²) < 4.78 is 5.27. The first kappa shape index (κ1) is 22.4. The maximum Gasteiger partial charge on any atom is 0.316 e. The molecule has 2 amide bonds. The van der Waals surface area contributed by atoms with Gasteiger partial charge in [-0.2, -0.15) is 0 Å². The first-order valence-corrected chi connectivity index (χ1v) is 11.1. The van der Waals surface area contributed by atoms with Crippen molar-refractivity contribution in [3.63, 3.8) is 0 Å². The number of carbonyl (C=O) groups is 1. The SMILES string of the molecule is COc1ccc(CC(NC(=O)NC(C)(C)c2ccc(C)cc2)c2nc3ccccc3[nH]2)cc1. The van der Waals surface area contributed by atoms with Gasteiger partial charge in [-0.15, -0.1) is 0 Å². The molecule has 1 heterocycles. The molecule has 0 saturated carbocycles. The number of aromatic amines is 1. The van der Waals surface area contributed by atoms with Crippen LogP contribution in [0.15, 0.2) is 72.8 Å². The summed E-state index contributed by atoms with van der Waals surface area (Å²) in [6.45, 7) is 6.04. The average Bonchev–Trinajstić information content (AvgIpc) is 3.23. The first-order valence-electron chi connectivity index (χ1n) is 11.1. The molecule has 3 aromatic carbocycles. The summed E-state index contributed by atoms with van der Waals surface area (Å²) in [5.41, 5.74) is 4.57. The van der Waals surface area contributed by atoms with Crippen molar-refractivity contribution in [2.24, 2.45) is 0 Å². The standard InChI is InChI=1S/C27H30N4O2/c1-18-9-13-20(14-10-18)27(2,3)31-26(32)30-24(17-19-11-15-21(33-4)16-12-19)25-28-22-7-5-6-8-23(22)29-25/h5-16,24H,17H2,1-4H3,(H,28,29)(H2,30,31,32). The predicted molar refractivity (Wildman–Crippen MR) is 131 cm³/mol. The van der Waals surface area contributed by atoms with Crippen LogP contribution in [0.2, 0.25) is 0 Å². The molecule has 0 saturated heterocycles. The third-order valence-electron chi connectivity index (χ3n) is 5.84. The Morgan fingerprint density at radius 3 is 2.39 bits per heavy atom. The molecule has 6 heteroatoms. The number of nitrogens with zero attached hydrogens (tertiary/aromatic N) is 1. The minimum Gasteiger partial charge on any atom is -0.497 e. The fourth-order valence-corrected chi connectivity index (χ4v) is 3.87. The molecule has 0 aliphatic rings. The van der Waals surface area contributed by atoms with Crippen LogP contribution in [0.5, 0.6) is 5.75 Å². The molecular weight excluding hydrogens is 412 g/mol. The lowest BCUT2D eigenvalue weighted by Crippen LogP contribution is -2.47. The highest BCUT2D eigenvalue weighted by Crippen LogP contribution is 2.23. The molecule has 4 aromatic rings. The summed E-state index contributed by atoms with van der Waals surface area (Å²) in [7, 11) is 1.65. The fraction of sp³-hybridized carbons (Fsp3) is 0.259. The molecule has 0 aliphatic carbocycles. The van der Waals surface area contributed by atoms with Gasteiger partial charge < -0.3 is 20.4 Å². The van der Waals surface area contributed by atoms with Gasteiger partial charge in [-0.3, -0.25) is 0 Å². The van der Waals surface area contributed by atoms with E-state index in [0.717, 1.165) is 33.7 Å². The van der Waals surface area contributed by atoms with E-state index in [-0.39, 0.29) is 12.1 Å². The van der Waals surface area contributed by atoms with Gasteiger partial charge in [0.2, 0.25) is 0 Å². The summed E-state index contributed by atoms with van der Waals surface area (Å²) in [6.07, 6.45) is 0.586. The highest BCUT2D eigenvalue weighted by atomic mass is 16.5. The number of urea groups is 1. The zero-order valence-electron chi connectivity index (χ0n) is 19.5. The molecule has 170 valence electrons. The number of nitrogens with one attached hydrogen (secondary N) is 3. The number of carbonyl (C=O) groups excluding carboxylic acids is 1. The zero-order chi connectivity index (χ0) is 23.4. The summed E-state index contributed by atoms with van der Waals surface area (Å²) in [4.78, 5) is 21.2. The second kappa shape index (κ2) is 9.36. The molecule has 0 radical (unpaired) electrons. The monoisotopic (exact) mass is 442 g/mol. The third kappa shape index (κ3) is 5.34. The molecule has 0 aliphatic heterocycles. The minimum atomic E-state index is -0.531.